The Balaban J connectivity index is 1.47. The second-order valence-electron chi connectivity index (χ2n) is 10.3. The fourth-order valence-corrected chi connectivity index (χ4v) is 6.22. The summed E-state index contributed by atoms with van der Waals surface area (Å²) < 4.78 is 46.7. The highest BCUT2D eigenvalue weighted by molar-refractivity contribution is 7.07. The van der Waals surface area contributed by atoms with Gasteiger partial charge in [0.2, 0.25) is 0 Å². The molecular formula is C36H28F2N2O5S. The van der Waals surface area contributed by atoms with Gasteiger partial charge in [-0.1, -0.05) is 78.1 Å². The molecule has 2 heterocycles. The van der Waals surface area contributed by atoms with E-state index in [-0.39, 0.29) is 30.2 Å². The number of aromatic nitrogens is 1. The zero-order valence-corrected chi connectivity index (χ0v) is 25.7. The highest BCUT2D eigenvalue weighted by Gasteiger charge is 2.35. The molecule has 0 unspecified atom stereocenters. The number of benzene rings is 4. The number of ether oxygens (including phenoxy) is 3. The predicted octanol–water partition coefficient (Wildman–Crippen LogP) is 5.80. The third-order valence-electron chi connectivity index (χ3n) is 7.39. The van der Waals surface area contributed by atoms with Crippen LogP contribution in [0.3, 0.4) is 0 Å². The van der Waals surface area contributed by atoms with Gasteiger partial charge < -0.3 is 14.2 Å². The number of rotatable bonds is 9. The monoisotopic (exact) mass is 638 g/mol. The minimum absolute atomic E-state index is 0.0108. The molecule has 0 amide bonds. The van der Waals surface area contributed by atoms with Crippen molar-refractivity contribution in [1.29, 1.82) is 0 Å². The Kier molecular flexibility index (Phi) is 8.89. The van der Waals surface area contributed by atoms with E-state index in [1.54, 1.807) is 61.5 Å². The van der Waals surface area contributed by atoms with Gasteiger partial charge in [0.1, 0.15) is 18.2 Å². The number of hydrogen-bond acceptors (Lipinski definition) is 7. The van der Waals surface area contributed by atoms with Crippen LogP contribution in [0, 0.1) is 11.6 Å². The summed E-state index contributed by atoms with van der Waals surface area (Å²) in [5, 5.41) is 0. The van der Waals surface area contributed by atoms with Crippen LogP contribution in [-0.2, 0) is 16.1 Å². The van der Waals surface area contributed by atoms with E-state index in [2.05, 4.69) is 0 Å². The highest BCUT2D eigenvalue weighted by Crippen LogP contribution is 2.35. The van der Waals surface area contributed by atoms with Gasteiger partial charge in [0.05, 0.1) is 35.6 Å². The molecule has 232 valence electrons. The van der Waals surface area contributed by atoms with E-state index >= 15 is 0 Å². The van der Waals surface area contributed by atoms with Crippen molar-refractivity contribution in [3.05, 3.63) is 156 Å². The van der Waals surface area contributed by atoms with Gasteiger partial charge in [-0.3, -0.25) is 9.36 Å². The molecule has 0 spiro atoms. The molecule has 1 aliphatic heterocycles. The Bertz CT molecular complexity index is 2120. The van der Waals surface area contributed by atoms with Crippen LogP contribution in [0.1, 0.15) is 35.2 Å². The number of halogens is 2. The minimum atomic E-state index is -0.919. The summed E-state index contributed by atoms with van der Waals surface area (Å²) in [4.78, 5) is 32.8. The molecule has 6 rings (SSSR count). The van der Waals surface area contributed by atoms with Crippen LogP contribution >= 0.6 is 11.3 Å². The largest absolute Gasteiger partial charge is 0.493 e. The van der Waals surface area contributed by atoms with E-state index < -0.39 is 17.8 Å². The maximum absolute atomic E-state index is 14.1. The molecule has 5 aromatic rings. The van der Waals surface area contributed by atoms with Gasteiger partial charge in [0, 0.05) is 11.1 Å². The first-order valence-corrected chi connectivity index (χ1v) is 15.3. The van der Waals surface area contributed by atoms with Crippen LogP contribution in [0.25, 0.3) is 11.8 Å². The molecule has 46 heavy (non-hydrogen) atoms. The molecule has 4 aromatic carbocycles. The summed E-state index contributed by atoms with van der Waals surface area (Å²) in [5.74, 6) is -0.625. The Morgan fingerprint density at radius 2 is 1.70 bits per heavy atom. The molecule has 0 saturated heterocycles. The van der Waals surface area contributed by atoms with Gasteiger partial charge in [-0.15, -0.1) is 0 Å². The Morgan fingerprint density at radius 1 is 0.957 bits per heavy atom. The molecule has 10 heteroatoms. The van der Waals surface area contributed by atoms with E-state index in [1.807, 2.05) is 30.3 Å². The molecule has 0 aliphatic carbocycles. The number of methoxy groups -OCH3 is 1. The summed E-state index contributed by atoms with van der Waals surface area (Å²) in [6.07, 6.45) is 1.70. The SMILES string of the molecule is CCOC(=O)C1=C(c2ccccc2)N=c2s/c(=C\c3ccc(OCc4ccccc4F)c(OC)c3)c(=O)n2[C@H]1c1ccc(F)cc1. The highest BCUT2D eigenvalue weighted by atomic mass is 32.1. The third kappa shape index (κ3) is 6.12. The van der Waals surface area contributed by atoms with Crippen LogP contribution in [0.15, 0.2) is 112 Å². The summed E-state index contributed by atoms with van der Waals surface area (Å²) in [6.45, 7) is 1.83. The average Bonchev–Trinajstić information content (AvgIpc) is 3.38. The van der Waals surface area contributed by atoms with Crippen molar-refractivity contribution in [1.82, 2.24) is 4.57 Å². The van der Waals surface area contributed by atoms with Crippen LogP contribution in [0.5, 0.6) is 11.5 Å². The van der Waals surface area contributed by atoms with Gasteiger partial charge in [-0.2, -0.15) is 0 Å². The smallest absolute Gasteiger partial charge is 0.338 e. The van der Waals surface area contributed by atoms with E-state index in [9.17, 15) is 18.4 Å². The molecular weight excluding hydrogens is 610 g/mol. The predicted molar refractivity (Wildman–Crippen MR) is 171 cm³/mol. The summed E-state index contributed by atoms with van der Waals surface area (Å²) in [5.41, 5.74) is 2.42. The first-order valence-electron chi connectivity index (χ1n) is 14.5. The van der Waals surface area contributed by atoms with Gasteiger partial charge in [-0.05, 0) is 54.5 Å². The summed E-state index contributed by atoms with van der Waals surface area (Å²) >= 11 is 1.16. The zero-order chi connectivity index (χ0) is 32.2. The average molecular weight is 639 g/mol. The second kappa shape index (κ2) is 13.3. The standard InChI is InChI=1S/C36H28F2N2O5S/c1-3-44-35(42)31-32(23-9-5-4-6-10-23)39-36-40(33(31)24-14-16-26(37)17-15-24)34(41)30(46-36)20-22-13-18-28(29(19-22)43-2)45-21-25-11-7-8-12-27(25)38/h4-20,33H,3,21H2,1-2H3/b30-20-/t33-/m0/s1. The number of fused-ring (bicyclic) bond motifs is 1. The Labute approximate surface area is 267 Å². The lowest BCUT2D eigenvalue weighted by atomic mass is 9.93. The number of thiazole rings is 1. The first-order chi connectivity index (χ1) is 22.4. The normalized spacial score (nSPS) is 14.4. The molecule has 0 bridgehead atoms. The van der Waals surface area contributed by atoms with Crippen molar-refractivity contribution in [2.75, 3.05) is 13.7 Å². The maximum Gasteiger partial charge on any atom is 0.338 e. The van der Waals surface area contributed by atoms with Gasteiger partial charge in [0.25, 0.3) is 5.56 Å². The van der Waals surface area contributed by atoms with Gasteiger partial charge in [0.15, 0.2) is 16.3 Å². The molecule has 1 aliphatic rings. The van der Waals surface area contributed by atoms with Crippen LogP contribution in [-0.4, -0.2) is 24.3 Å². The molecule has 1 aromatic heterocycles. The van der Waals surface area contributed by atoms with Crippen molar-refractivity contribution < 1.29 is 27.8 Å². The van der Waals surface area contributed by atoms with Crippen LogP contribution < -0.4 is 24.4 Å². The molecule has 0 N–H and O–H groups in total. The van der Waals surface area contributed by atoms with Crippen molar-refractivity contribution in [2.45, 2.75) is 19.6 Å². The quantitative estimate of drug-likeness (QED) is 0.191. The lowest BCUT2D eigenvalue weighted by molar-refractivity contribution is -0.138. The van der Waals surface area contributed by atoms with Crippen molar-refractivity contribution in [3.63, 3.8) is 0 Å². The molecule has 7 nitrogen and oxygen atoms in total. The summed E-state index contributed by atoms with van der Waals surface area (Å²) in [6, 6.07) is 25.5. The number of esters is 1. The molecule has 0 radical (unpaired) electrons. The lowest BCUT2D eigenvalue weighted by Crippen LogP contribution is -2.40. The van der Waals surface area contributed by atoms with Gasteiger partial charge in [-0.25, -0.2) is 18.6 Å². The van der Waals surface area contributed by atoms with E-state index in [4.69, 9.17) is 19.2 Å². The summed E-state index contributed by atoms with van der Waals surface area (Å²) in [7, 11) is 1.49. The topological polar surface area (TPSA) is 79.1 Å². The fraction of sp³-hybridized carbons (Fsp3) is 0.139. The molecule has 0 fully saturated rings. The number of hydrogen-bond donors (Lipinski definition) is 0. The Hall–Kier alpha value is -5.35. The van der Waals surface area contributed by atoms with E-state index in [0.29, 0.717) is 48.8 Å². The minimum Gasteiger partial charge on any atom is -0.493 e. The lowest BCUT2D eigenvalue weighted by Gasteiger charge is -2.25. The number of nitrogens with zero attached hydrogens (tertiary/aromatic N) is 2. The zero-order valence-electron chi connectivity index (χ0n) is 24.9. The second-order valence-corrected chi connectivity index (χ2v) is 11.3. The van der Waals surface area contributed by atoms with Crippen LogP contribution in [0.2, 0.25) is 0 Å². The van der Waals surface area contributed by atoms with E-state index in [1.165, 1.54) is 29.9 Å². The molecule has 1 atom stereocenters. The number of carbonyl (C=O) groups is 1. The van der Waals surface area contributed by atoms with Crippen LogP contribution in [0.4, 0.5) is 8.78 Å². The molecule has 0 saturated carbocycles. The van der Waals surface area contributed by atoms with Crippen molar-refractivity contribution in [2.24, 2.45) is 4.99 Å². The number of carbonyl (C=O) groups excluding carboxylic acids is 1. The third-order valence-corrected chi connectivity index (χ3v) is 8.37. The maximum atomic E-state index is 14.1. The van der Waals surface area contributed by atoms with E-state index in [0.717, 1.165) is 11.3 Å². The van der Waals surface area contributed by atoms with Gasteiger partial charge >= 0.3 is 5.97 Å². The van der Waals surface area contributed by atoms with Crippen molar-refractivity contribution in [3.8, 4) is 11.5 Å². The Morgan fingerprint density at radius 3 is 2.41 bits per heavy atom. The van der Waals surface area contributed by atoms with Crippen molar-refractivity contribution >= 4 is 29.1 Å². The fourth-order valence-electron chi connectivity index (χ4n) is 5.22. The first kappa shape index (κ1) is 30.7.